The zero-order valence-corrected chi connectivity index (χ0v) is 19.3. The summed E-state index contributed by atoms with van der Waals surface area (Å²) in [6, 6.07) is 11.9. The number of amides is 2. The van der Waals surface area contributed by atoms with Crippen LogP contribution in [0.3, 0.4) is 0 Å². The molecule has 2 amide bonds. The normalized spacial score (nSPS) is 12.7. The van der Waals surface area contributed by atoms with E-state index in [-0.39, 0.29) is 31.0 Å². The molecule has 1 N–H and O–H groups in total. The van der Waals surface area contributed by atoms with Crippen molar-refractivity contribution in [2.75, 3.05) is 6.61 Å². The first-order valence-corrected chi connectivity index (χ1v) is 10.7. The van der Waals surface area contributed by atoms with Crippen LogP contribution in [0.4, 0.5) is 0 Å². The van der Waals surface area contributed by atoms with Crippen LogP contribution in [0.1, 0.15) is 38.3 Å². The van der Waals surface area contributed by atoms with Crippen LogP contribution in [0.15, 0.2) is 42.5 Å². The summed E-state index contributed by atoms with van der Waals surface area (Å²) < 4.78 is 5.67. The van der Waals surface area contributed by atoms with Crippen LogP contribution in [0.2, 0.25) is 10.0 Å². The number of nitrogens with zero attached hydrogens (tertiary/aromatic N) is 1. The van der Waals surface area contributed by atoms with Gasteiger partial charge in [0, 0.05) is 22.6 Å². The van der Waals surface area contributed by atoms with Gasteiger partial charge in [0.2, 0.25) is 5.91 Å². The molecule has 0 saturated carbocycles. The second kappa shape index (κ2) is 11.2. The Morgan fingerprint density at radius 2 is 1.87 bits per heavy atom. The minimum atomic E-state index is -0.695. The van der Waals surface area contributed by atoms with Gasteiger partial charge in [0.1, 0.15) is 11.8 Å². The summed E-state index contributed by atoms with van der Waals surface area (Å²) in [6.07, 6.45) is 0.798. The molecule has 0 heterocycles. The van der Waals surface area contributed by atoms with Crippen LogP contribution < -0.4 is 10.1 Å². The summed E-state index contributed by atoms with van der Waals surface area (Å²) in [5, 5.41) is 3.87. The molecule has 2 atom stereocenters. The SMILES string of the molecule is CC[C@H](C)NC(=O)[C@H](C)N(Cc1ccc(Cl)cc1Cl)C(=O)COc1cccc(C)c1. The number of benzene rings is 2. The molecule has 0 aliphatic carbocycles. The van der Waals surface area contributed by atoms with E-state index in [9.17, 15) is 9.59 Å². The fraction of sp³-hybridized carbons (Fsp3) is 0.391. The summed E-state index contributed by atoms with van der Waals surface area (Å²) in [5.41, 5.74) is 1.74. The summed E-state index contributed by atoms with van der Waals surface area (Å²) >= 11 is 12.3. The molecular weight excluding hydrogens is 423 g/mol. The van der Waals surface area contributed by atoms with Gasteiger partial charge < -0.3 is 15.0 Å². The Bertz CT molecular complexity index is 889. The van der Waals surface area contributed by atoms with Crippen LogP contribution in [0.5, 0.6) is 5.75 Å². The maximum atomic E-state index is 13.0. The van der Waals surface area contributed by atoms with Crippen molar-refractivity contribution in [1.82, 2.24) is 10.2 Å². The predicted molar refractivity (Wildman–Crippen MR) is 121 cm³/mol. The van der Waals surface area contributed by atoms with Gasteiger partial charge in [0.25, 0.3) is 5.91 Å². The minimum Gasteiger partial charge on any atom is -0.484 e. The first-order valence-electron chi connectivity index (χ1n) is 9.94. The largest absolute Gasteiger partial charge is 0.484 e. The van der Waals surface area contributed by atoms with Crippen molar-refractivity contribution in [2.45, 2.75) is 52.7 Å². The number of halogens is 2. The molecular formula is C23H28Cl2N2O3. The molecule has 2 aromatic rings. The highest BCUT2D eigenvalue weighted by atomic mass is 35.5. The van der Waals surface area contributed by atoms with Crippen molar-refractivity contribution in [2.24, 2.45) is 0 Å². The van der Waals surface area contributed by atoms with E-state index in [1.807, 2.05) is 39.0 Å². The molecule has 0 spiro atoms. The molecule has 0 aliphatic heterocycles. The fourth-order valence-corrected chi connectivity index (χ4v) is 3.28. The van der Waals surface area contributed by atoms with Gasteiger partial charge in [-0.2, -0.15) is 0 Å². The Hall–Kier alpha value is -2.24. The number of carbonyl (C=O) groups is 2. The molecule has 162 valence electrons. The summed E-state index contributed by atoms with van der Waals surface area (Å²) in [5.74, 6) is 0.0669. The second-order valence-corrected chi connectivity index (χ2v) is 8.20. The molecule has 7 heteroatoms. The smallest absolute Gasteiger partial charge is 0.261 e. The predicted octanol–water partition coefficient (Wildman–Crippen LogP) is 5.01. The van der Waals surface area contributed by atoms with E-state index < -0.39 is 6.04 Å². The maximum Gasteiger partial charge on any atom is 0.261 e. The highest BCUT2D eigenvalue weighted by Crippen LogP contribution is 2.23. The Morgan fingerprint density at radius 1 is 1.13 bits per heavy atom. The van der Waals surface area contributed by atoms with E-state index in [4.69, 9.17) is 27.9 Å². The molecule has 0 fully saturated rings. The number of nitrogens with one attached hydrogen (secondary N) is 1. The molecule has 0 saturated heterocycles. The number of ether oxygens (including phenoxy) is 1. The van der Waals surface area contributed by atoms with Gasteiger partial charge in [0.15, 0.2) is 6.61 Å². The molecule has 2 rings (SSSR count). The summed E-state index contributed by atoms with van der Waals surface area (Å²) in [7, 11) is 0. The summed E-state index contributed by atoms with van der Waals surface area (Å²) in [6.45, 7) is 7.54. The van der Waals surface area contributed by atoms with Gasteiger partial charge in [-0.3, -0.25) is 9.59 Å². The monoisotopic (exact) mass is 450 g/mol. The average Bonchev–Trinajstić information content (AvgIpc) is 2.71. The van der Waals surface area contributed by atoms with Gasteiger partial charge in [-0.05, 0) is 62.6 Å². The average molecular weight is 451 g/mol. The van der Waals surface area contributed by atoms with Gasteiger partial charge in [-0.1, -0.05) is 48.3 Å². The number of aryl methyl sites for hydroxylation is 1. The molecule has 0 unspecified atom stereocenters. The third-order valence-corrected chi connectivity index (χ3v) is 5.46. The molecule has 0 aromatic heterocycles. The number of carbonyl (C=O) groups excluding carboxylic acids is 2. The first-order chi connectivity index (χ1) is 14.2. The minimum absolute atomic E-state index is 0.0135. The Kier molecular flexibility index (Phi) is 9.00. The van der Waals surface area contributed by atoms with Crippen molar-refractivity contribution in [3.8, 4) is 5.75 Å². The molecule has 2 aromatic carbocycles. The number of rotatable bonds is 9. The van der Waals surface area contributed by atoms with E-state index >= 15 is 0 Å². The van der Waals surface area contributed by atoms with Gasteiger partial charge in [-0.15, -0.1) is 0 Å². The van der Waals surface area contributed by atoms with E-state index in [0.29, 0.717) is 21.4 Å². The van der Waals surface area contributed by atoms with Gasteiger partial charge in [-0.25, -0.2) is 0 Å². The van der Waals surface area contributed by atoms with Crippen molar-refractivity contribution in [3.05, 3.63) is 63.6 Å². The third-order valence-electron chi connectivity index (χ3n) is 4.88. The zero-order valence-electron chi connectivity index (χ0n) is 17.7. The van der Waals surface area contributed by atoms with Crippen LogP contribution >= 0.6 is 23.2 Å². The lowest BCUT2D eigenvalue weighted by atomic mass is 10.1. The first kappa shape index (κ1) is 24.0. The lowest BCUT2D eigenvalue weighted by molar-refractivity contribution is -0.142. The van der Waals surface area contributed by atoms with E-state index in [0.717, 1.165) is 12.0 Å². The van der Waals surface area contributed by atoms with Crippen molar-refractivity contribution < 1.29 is 14.3 Å². The molecule has 0 aliphatic rings. The Morgan fingerprint density at radius 3 is 2.50 bits per heavy atom. The van der Waals surface area contributed by atoms with Crippen molar-refractivity contribution in [1.29, 1.82) is 0 Å². The maximum absolute atomic E-state index is 13.0. The lowest BCUT2D eigenvalue weighted by Gasteiger charge is -2.30. The van der Waals surface area contributed by atoms with Crippen LogP contribution in [0.25, 0.3) is 0 Å². The van der Waals surface area contributed by atoms with Crippen LogP contribution in [-0.4, -0.2) is 35.4 Å². The van der Waals surface area contributed by atoms with Crippen LogP contribution in [0, 0.1) is 6.92 Å². The molecule has 0 radical (unpaired) electrons. The van der Waals surface area contributed by atoms with E-state index in [1.165, 1.54) is 4.90 Å². The Labute approximate surface area is 188 Å². The highest BCUT2D eigenvalue weighted by Gasteiger charge is 2.27. The van der Waals surface area contributed by atoms with Gasteiger partial charge >= 0.3 is 0 Å². The quantitative estimate of drug-likeness (QED) is 0.583. The molecule has 5 nitrogen and oxygen atoms in total. The second-order valence-electron chi connectivity index (χ2n) is 7.36. The van der Waals surface area contributed by atoms with E-state index in [1.54, 1.807) is 31.2 Å². The van der Waals surface area contributed by atoms with E-state index in [2.05, 4.69) is 5.32 Å². The number of hydrogen-bond acceptors (Lipinski definition) is 3. The van der Waals surface area contributed by atoms with Gasteiger partial charge in [0.05, 0.1) is 0 Å². The Balaban J connectivity index is 2.20. The van der Waals surface area contributed by atoms with Crippen molar-refractivity contribution in [3.63, 3.8) is 0 Å². The van der Waals surface area contributed by atoms with Crippen LogP contribution in [-0.2, 0) is 16.1 Å². The molecule has 0 bridgehead atoms. The lowest BCUT2D eigenvalue weighted by Crippen LogP contribution is -2.50. The highest BCUT2D eigenvalue weighted by molar-refractivity contribution is 6.35. The molecule has 30 heavy (non-hydrogen) atoms. The fourth-order valence-electron chi connectivity index (χ4n) is 2.81. The number of hydrogen-bond donors (Lipinski definition) is 1. The standard InChI is InChI=1S/C23H28Cl2N2O3/c1-5-16(3)26-23(29)17(4)27(13-18-9-10-19(24)12-21(18)25)22(28)14-30-20-8-6-7-15(2)11-20/h6-12,16-17H,5,13-14H2,1-4H3,(H,26,29)/t16-,17-/m0/s1. The topological polar surface area (TPSA) is 58.6 Å². The summed E-state index contributed by atoms with van der Waals surface area (Å²) in [4.78, 5) is 27.2. The zero-order chi connectivity index (χ0) is 22.3. The third kappa shape index (κ3) is 6.92. The van der Waals surface area contributed by atoms with Crippen molar-refractivity contribution >= 4 is 35.0 Å².